The van der Waals surface area contributed by atoms with Crippen LogP contribution in [0.15, 0.2) is 12.3 Å². The Morgan fingerprint density at radius 3 is 2.95 bits per heavy atom. The number of nitriles is 1. The van der Waals surface area contributed by atoms with Crippen molar-refractivity contribution in [2.24, 2.45) is 5.92 Å². The van der Waals surface area contributed by atoms with Crippen molar-refractivity contribution in [3.8, 4) is 6.07 Å². The Morgan fingerprint density at radius 1 is 1.50 bits per heavy atom. The van der Waals surface area contributed by atoms with E-state index in [0.717, 1.165) is 6.42 Å². The number of nitrogens with zero attached hydrogens (tertiary/aromatic N) is 3. The summed E-state index contributed by atoms with van der Waals surface area (Å²) < 4.78 is 5.72. The number of ether oxygens (including phenoxy) is 1. The van der Waals surface area contributed by atoms with E-state index in [4.69, 9.17) is 10.00 Å². The second kappa shape index (κ2) is 5.06. The number of pyridine rings is 1. The average Bonchev–Trinajstić information content (AvgIpc) is 3.19. The van der Waals surface area contributed by atoms with Crippen LogP contribution in [-0.4, -0.2) is 28.7 Å². The van der Waals surface area contributed by atoms with Crippen LogP contribution >= 0.6 is 0 Å². The minimum atomic E-state index is -0.552. The standard InChI is InChI=1S/C13H14N4O3/c14-6-9-5-10(17(18)19)7-15-13(9)16-11-3-4-20-12(11)8-1-2-8/h5,7-8,11-12H,1-4H2,(H,15,16). The molecule has 0 spiro atoms. The fourth-order valence-electron chi connectivity index (χ4n) is 2.58. The molecule has 1 aliphatic carbocycles. The lowest BCUT2D eigenvalue weighted by molar-refractivity contribution is -0.385. The van der Waals surface area contributed by atoms with E-state index in [1.807, 2.05) is 6.07 Å². The van der Waals surface area contributed by atoms with Crippen LogP contribution in [0.1, 0.15) is 24.8 Å². The van der Waals surface area contributed by atoms with Gasteiger partial charge in [0.05, 0.1) is 17.1 Å². The number of nitrogens with one attached hydrogen (secondary N) is 1. The Hall–Kier alpha value is -2.20. The van der Waals surface area contributed by atoms with Gasteiger partial charge in [-0.05, 0) is 25.2 Å². The highest BCUT2D eigenvalue weighted by molar-refractivity contribution is 5.56. The van der Waals surface area contributed by atoms with Crippen LogP contribution in [0.2, 0.25) is 0 Å². The maximum absolute atomic E-state index is 10.7. The minimum absolute atomic E-state index is 0.128. The van der Waals surface area contributed by atoms with E-state index in [-0.39, 0.29) is 23.4 Å². The van der Waals surface area contributed by atoms with E-state index < -0.39 is 4.92 Å². The summed E-state index contributed by atoms with van der Waals surface area (Å²) in [6.07, 6.45) is 4.57. The first kappa shape index (κ1) is 12.8. The van der Waals surface area contributed by atoms with Crippen molar-refractivity contribution in [3.63, 3.8) is 0 Å². The summed E-state index contributed by atoms with van der Waals surface area (Å²) in [6.45, 7) is 0.702. The Kier molecular flexibility index (Phi) is 3.24. The molecule has 0 aromatic carbocycles. The molecular formula is C13H14N4O3. The number of hydrogen-bond acceptors (Lipinski definition) is 6. The van der Waals surface area contributed by atoms with Crippen LogP contribution in [0.4, 0.5) is 11.5 Å². The molecule has 2 heterocycles. The summed E-state index contributed by atoms with van der Waals surface area (Å²) in [7, 11) is 0. The fourth-order valence-corrected chi connectivity index (χ4v) is 2.58. The maximum Gasteiger partial charge on any atom is 0.289 e. The van der Waals surface area contributed by atoms with Crippen LogP contribution in [0.25, 0.3) is 0 Å². The molecule has 2 unspecified atom stereocenters. The van der Waals surface area contributed by atoms with E-state index in [2.05, 4.69) is 10.3 Å². The van der Waals surface area contributed by atoms with Crippen LogP contribution in [0, 0.1) is 27.4 Å². The monoisotopic (exact) mass is 274 g/mol. The quantitative estimate of drug-likeness (QED) is 0.664. The molecule has 7 nitrogen and oxygen atoms in total. The van der Waals surface area contributed by atoms with E-state index in [1.165, 1.54) is 25.1 Å². The van der Waals surface area contributed by atoms with Gasteiger partial charge in [-0.15, -0.1) is 0 Å². The zero-order valence-electron chi connectivity index (χ0n) is 10.8. The third-order valence-electron chi connectivity index (χ3n) is 3.75. The zero-order chi connectivity index (χ0) is 14.1. The predicted molar refractivity (Wildman–Crippen MR) is 70.1 cm³/mol. The molecule has 1 aromatic rings. The molecule has 0 bridgehead atoms. The second-order valence-electron chi connectivity index (χ2n) is 5.17. The molecular weight excluding hydrogens is 260 g/mol. The number of nitro groups is 1. The van der Waals surface area contributed by atoms with Crippen molar-refractivity contribution in [1.29, 1.82) is 5.26 Å². The smallest absolute Gasteiger partial charge is 0.289 e. The fraction of sp³-hybridized carbons (Fsp3) is 0.538. The molecule has 1 saturated carbocycles. The summed E-state index contributed by atoms with van der Waals surface area (Å²) in [5.41, 5.74) is 0.0224. The molecule has 2 aliphatic rings. The topological polar surface area (TPSA) is 101 Å². The Morgan fingerprint density at radius 2 is 2.30 bits per heavy atom. The number of hydrogen-bond donors (Lipinski definition) is 1. The van der Waals surface area contributed by atoms with Gasteiger partial charge in [0.1, 0.15) is 23.6 Å². The molecule has 2 atom stereocenters. The van der Waals surface area contributed by atoms with Crippen LogP contribution < -0.4 is 5.32 Å². The normalized spacial score (nSPS) is 25.1. The summed E-state index contributed by atoms with van der Waals surface area (Å²) in [6, 6.07) is 3.33. The Labute approximate surface area is 115 Å². The zero-order valence-corrected chi connectivity index (χ0v) is 10.8. The van der Waals surface area contributed by atoms with Gasteiger partial charge in [-0.25, -0.2) is 4.98 Å². The third kappa shape index (κ3) is 2.42. The lowest BCUT2D eigenvalue weighted by Crippen LogP contribution is -2.31. The third-order valence-corrected chi connectivity index (χ3v) is 3.75. The van der Waals surface area contributed by atoms with Crippen LogP contribution in [-0.2, 0) is 4.74 Å². The molecule has 0 amide bonds. The minimum Gasteiger partial charge on any atom is -0.376 e. The summed E-state index contributed by atoms with van der Waals surface area (Å²) in [4.78, 5) is 14.2. The SMILES string of the molecule is N#Cc1cc([N+](=O)[O-])cnc1NC1CCOC1C1CC1. The van der Waals surface area contributed by atoms with Gasteiger partial charge in [-0.2, -0.15) is 5.26 Å². The molecule has 1 aliphatic heterocycles. The van der Waals surface area contributed by atoms with Gasteiger partial charge in [0.15, 0.2) is 0 Å². The van der Waals surface area contributed by atoms with Gasteiger partial charge in [-0.1, -0.05) is 0 Å². The molecule has 1 N–H and O–H groups in total. The first-order valence-electron chi connectivity index (χ1n) is 6.61. The first-order valence-corrected chi connectivity index (χ1v) is 6.61. The van der Waals surface area contributed by atoms with Crippen molar-refractivity contribution in [3.05, 3.63) is 27.9 Å². The summed E-state index contributed by atoms with van der Waals surface area (Å²) in [5, 5.41) is 23.0. The molecule has 2 fully saturated rings. The Bertz CT molecular complexity index is 579. The van der Waals surface area contributed by atoms with Gasteiger partial charge >= 0.3 is 0 Å². The van der Waals surface area contributed by atoms with Crippen molar-refractivity contribution in [2.45, 2.75) is 31.4 Å². The highest BCUT2D eigenvalue weighted by atomic mass is 16.6. The average molecular weight is 274 g/mol. The molecule has 1 aromatic heterocycles. The van der Waals surface area contributed by atoms with Crippen molar-refractivity contribution < 1.29 is 9.66 Å². The first-order chi connectivity index (χ1) is 9.69. The summed E-state index contributed by atoms with van der Waals surface area (Å²) in [5.74, 6) is 0.998. The van der Waals surface area contributed by atoms with Gasteiger partial charge in [0, 0.05) is 12.7 Å². The summed E-state index contributed by atoms with van der Waals surface area (Å²) >= 11 is 0. The van der Waals surface area contributed by atoms with Crippen molar-refractivity contribution >= 4 is 11.5 Å². The maximum atomic E-state index is 10.7. The largest absolute Gasteiger partial charge is 0.376 e. The molecule has 1 saturated heterocycles. The van der Waals surface area contributed by atoms with Gasteiger partial charge in [0.25, 0.3) is 5.69 Å². The number of rotatable bonds is 4. The van der Waals surface area contributed by atoms with E-state index >= 15 is 0 Å². The second-order valence-corrected chi connectivity index (χ2v) is 5.17. The molecule has 7 heteroatoms. The van der Waals surface area contributed by atoms with Crippen molar-refractivity contribution in [2.75, 3.05) is 11.9 Å². The predicted octanol–water partition coefficient (Wildman–Crippen LogP) is 1.84. The number of aromatic nitrogens is 1. The molecule has 20 heavy (non-hydrogen) atoms. The van der Waals surface area contributed by atoms with Crippen LogP contribution in [0.5, 0.6) is 0 Å². The molecule has 104 valence electrons. The Balaban J connectivity index is 1.80. The number of anilines is 1. The highest BCUT2D eigenvalue weighted by Gasteiger charge is 2.40. The van der Waals surface area contributed by atoms with Gasteiger partial charge in [-0.3, -0.25) is 10.1 Å². The molecule has 0 radical (unpaired) electrons. The lowest BCUT2D eigenvalue weighted by atomic mass is 10.1. The van der Waals surface area contributed by atoms with Gasteiger partial charge < -0.3 is 10.1 Å². The molecule has 3 rings (SSSR count). The van der Waals surface area contributed by atoms with Crippen LogP contribution in [0.3, 0.4) is 0 Å². The van der Waals surface area contributed by atoms with E-state index in [1.54, 1.807) is 0 Å². The van der Waals surface area contributed by atoms with E-state index in [0.29, 0.717) is 18.3 Å². The van der Waals surface area contributed by atoms with Gasteiger partial charge in [0.2, 0.25) is 0 Å². The van der Waals surface area contributed by atoms with Crippen molar-refractivity contribution in [1.82, 2.24) is 4.98 Å². The highest BCUT2D eigenvalue weighted by Crippen LogP contribution is 2.39. The van der Waals surface area contributed by atoms with E-state index in [9.17, 15) is 10.1 Å². The lowest BCUT2D eigenvalue weighted by Gasteiger charge is -2.20.